The topological polar surface area (TPSA) is 88.5 Å². The zero-order valence-corrected chi connectivity index (χ0v) is 11.4. The second-order valence-electron chi connectivity index (χ2n) is 4.35. The van der Waals surface area contributed by atoms with E-state index in [0.29, 0.717) is 5.56 Å². The first-order valence-electron chi connectivity index (χ1n) is 6.25. The van der Waals surface area contributed by atoms with E-state index in [1.54, 1.807) is 13.0 Å². The highest BCUT2D eigenvalue weighted by Gasteiger charge is 2.11. The number of carbonyl (C=O) groups excluding carboxylic acids is 1. The van der Waals surface area contributed by atoms with E-state index < -0.39 is 12.1 Å². The molecule has 1 amide bonds. The average molecular weight is 286 g/mol. The average Bonchev–Trinajstić information content (AvgIpc) is 2.48. The van der Waals surface area contributed by atoms with Crippen LogP contribution in [0.15, 0.2) is 42.5 Å². The molecule has 6 nitrogen and oxygen atoms in total. The molecule has 1 aromatic heterocycles. The molecule has 108 valence electrons. The lowest BCUT2D eigenvalue weighted by molar-refractivity contribution is 0.0689. The Morgan fingerprint density at radius 2 is 1.90 bits per heavy atom. The monoisotopic (exact) mass is 286 g/mol. The van der Waals surface area contributed by atoms with E-state index in [4.69, 9.17) is 9.84 Å². The lowest BCUT2D eigenvalue weighted by Gasteiger charge is -2.08. The summed E-state index contributed by atoms with van der Waals surface area (Å²) in [4.78, 5) is 26.5. The van der Waals surface area contributed by atoms with Crippen LogP contribution in [0.3, 0.4) is 0 Å². The van der Waals surface area contributed by atoms with E-state index in [2.05, 4.69) is 10.3 Å². The van der Waals surface area contributed by atoms with Crippen LogP contribution in [-0.4, -0.2) is 22.2 Å². The number of aromatic carboxylic acids is 1. The molecule has 1 aromatic carbocycles. The molecular weight excluding hydrogens is 272 g/mol. The number of rotatable bonds is 4. The van der Waals surface area contributed by atoms with E-state index >= 15 is 0 Å². The second kappa shape index (κ2) is 6.51. The lowest BCUT2D eigenvalue weighted by atomic mass is 10.2. The molecule has 0 saturated carbocycles. The number of pyridine rings is 1. The fourth-order valence-electron chi connectivity index (χ4n) is 1.68. The number of benzene rings is 1. The number of hydrogen-bond acceptors (Lipinski definition) is 4. The van der Waals surface area contributed by atoms with Gasteiger partial charge in [0.15, 0.2) is 5.69 Å². The summed E-state index contributed by atoms with van der Waals surface area (Å²) >= 11 is 0. The van der Waals surface area contributed by atoms with Crippen molar-refractivity contribution in [2.24, 2.45) is 0 Å². The maximum absolute atomic E-state index is 11.6. The molecule has 0 spiro atoms. The molecule has 0 fully saturated rings. The summed E-state index contributed by atoms with van der Waals surface area (Å²) in [6.45, 7) is 1.76. The van der Waals surface area contributed by atoms with Crippen molar-refractivity contribution in [3.8, 4) is 0 Å². The molecule has 2 N–H and O–H groups in total. The Morgan fingerprint density at radius 3 is 2.57 bits per heavy atom. The van der Waals surface area contributed by atoms with Gasteiger partial charge in [-0.05, 0) is 24.1 Å². The quantitative estimate of drug-likeness (QED) is 0.902. The fraction of sp³-hybridized carbons (Fsp3) is 0.133. The Balaban J connectivity index is 1.97. The minimum Gasteiger partial charge on any atom is -0.477 e. The number of aromatic nitrogens is 1. The maximum atomic E-state index is 11.6. The highest BCUT2D eigenvalue weighted by molar-refractivity contribution is 5.89. The number of nitrogens with one attached hydrogen (secondary N) is 1. The number of carboxylic acids is 1. The number of hydrogen-bond donors (Lipinski definition) is 2. The number of ether oxygens (including phenoxy) is 1. The standard InChI is InChI=1S/C15H14N2O4/c1-10-7-8-12(16-13(10)14(18)19)17-15(20)21-9-11-5-3-2-4-6-11/h2-8H,9H2,1H3,(H,18,19)(H,16,17,20). The predicted molar refractivity (Wildman–Crippen MR) is 76.2 cm³/mol. The zero-order chi connectivity index (χ0) is 15.2. The van der Waals surface area contributed by atoms with Gasteiger partial charge in [-0.15, -0.1) is 0 Å². The highest BCUT2D eigenvalue weighted by atomic mass is 16.5. The Labute approximate surface area is 121 Å². The minimum atomic E-state index is -1.14. The Hall–Kier alpha value is -2.89. The molecule has 6 heteroatoms. The third-order valence-electron chi connectivity index (χ3n) is 2.74. The summed E-state index contributed by atoms with van der Waals surface area (Å²) in [6, 6.07) is 12.3. The number of anilines is 1. The van der Waals surface area contributed by atoms with Crippen LogP contribution in [0.5, 0.6) is 0 Å². The molecule has 0 unspecified atom stereocenters. The van der Waals surface area contributed by atoms with E-state index in [9.17, 15) is 9.59 Å². The maximum Gasteiger partial charge on any atom is 0.413 e. The number of amides is 1. The molecule has 0 radical (unpaired) electrons. The van der Waals surface area contributed by atoms with Crippen LogP contribution in [0.1, 0.15) is 21.6 Å². The summed E-state index contributed by atoms with van der Waals surface area (Å²) in [6.07, 6.45) is -0.688. The molecule has 0 atom stereocenters. The zero-order valence-electron chi connectivity index (χ0n) is 11.4. The second-order valence-corrected chi connectivity index (χ2v) is 4.35. The van der Waals surface area contributed by atoms with E-state index in [1.807, 2.05) is 30.3 Å². The van der Waals surface area contributed by atoms with Crippen LogP contribution in [0, 0.1) is 6.92 Å². The molecule has 1 heterocycles. The molecule has 0 aliphatic carbocycles. The Morgan fingerprint density at radius 1 is 1.19 bits per heavy atom. The van der Waals surface area contributed by atoms with Crippen molar-refractivity contribution >= 4 is 17.9 Å². The van der Waals surface area contributed by atoms with Gasteiger partial charge >= 0.3 is 12.1 Å². The summed E-state index contributed by atoms with van der Waals surface area (Å²) in [5.41, 5.74) is 1.28. The van der Waals surface area contributed by atoms with Crippen LogP contribution >= 0.6 is 0 Å². The summed E-state index contributed by atoms with van der Waals surface area (Å²) < 4.78 is 5.03. The lowest BCUT2D eigenvalue weighted by Crippen LogP contribution is -2.16. The van der Waals surface area contributed by atoms with Crippen molar-refractivity contribution in [1.82, 2.24) is 4.98 Å². The summed E-state index contributed by atoms with van der Waals surface area (Å²) in [5.74, 6) is -1.01. The molecule has 21 heavy (non-hydrogen) atoms. The van der Waals surface area contributed by atoms with E-state index in [-0.39, 0.29) is 18.1 Å². The third kappa shape index (κ3) is 4.04. The van der Waals surface area contributed by atoms with Crippen LogP contribution in [0.25, 0.3) is 0 Å². The van der Waals surface area contributed by atoms with Gasteiger partial charge in [0, 0.05) is 0 Å². The third-order valence-corrected chi connectivity index (χ3v) is 2.74. The van der Waals surface area contributed by atoms with Crippen LogP contribution < -0.4 is 5.32 Å². The van der Waals surface area contributed by atoms with Crippen molar-refractivity contribution < 1.29 is 19.4 Å². The highest BCUT2D eigenvalue weighted by Crippen LogP contribution is 2.11. The Kier molecular flexibility index (Phi) is 4.50. The van der Waals surface area contributed by atoms with Gasteiger partial charge in [-0.1, -0.05) is 36.4 Å². The molecule has 0 aliphatic heterocycles. The smallest absolute Gasteiger partial charge is 0.413 e. The molecule has 0 bridgehead atoms. The molecule has 0 aliphatic rings. The van der Waals surface area contributed by atoms with Crippen LogP contribution in [0.2, 0.25) is 0 Å². The van der Waals surface area contributed by atoms with Gasteiger partial charge in [-0.25, -0.2) is 14.6 Å². The predicted octanol–water partition coefficient (Wildman–Crippen LogP) is 2.84. The van der Waals surface area contributed by atoms with E-state index in [1.165, 1.54) is 6.07 Å². The first-order chi connectivity index (χ1) is 10.1. The van der Waals surface area contributed by atoms with Crippen molar-refractivity contribution in [2.75, 3.05) is 5.32 Å². The molecule has 2 aromatic rings. The van der Waals surface area contributed by atoms with Crippen molar-refractivity contribution in [2.45, 2.75) is 13.5 Å². The van der Waals surface area contributed by atoms with Gasteiger partial charge in [-0.3, -0.25) is 5.32 Å². The van der Waals surface area contributed by atoms with Crippen LogP contribution in [-0.2, 0) is 11.3 Å². The minimum absolute atomic E-state index is 0.101. The SMILES string of the molecule is Cc1ccc(NC(=O)OCc2ccccc2)nc1C(=O)O. The fourth-order valence-corrected chi connectivity index (χ4v) is 1.68. The van der Waals surface area contributed by atoms with Gasteiger partial charge in [0.2, 0.25) is 0 Å². The normalized spacial score (nSPS) is 9.95. The number of carboxylic acid groups (broad SMARTS) is 1. The van der Waals surface area contributed by atoms with Gasteiger partial charge in [0.25, 0.3) is 0 Å². The van der Waals surface area contributed by atoms with Gasteiger partial charge in [-0.2, -0.15) is 0 Å². The largest absolute Gasteiger partial charge is 0.477 e. The summed E-state index contributed by atoms with van der Waals surface area (Å²) in [7, 11) is 0. The van der Waals surface area contributed by atoms with E-state index in [0.717, 1.165) is 5.56 Å². The first kappa shape index (κ1) is 14.5. The van der Waals surface area contributed by atoms with Crippen molar-refractivity contribution in [1.29, 1.82) is 0 Å². The van der Waals surface area contributed by atoms with Crippen molar-refractivity contribution in [3.05, 3.63) is 59.3 Å². The molecular formula is C15H14N2O4. The molecule has 0 saturated heterocycles. The molecule has 2 rings (SSSR count). The summed E-state index contributed by atoms with van der Waals surface area (Å²) in [5, 5.41) is 11.4. The van der Waals surface area contributed by atoms with Crippen LogP contribution in [0.4, 0.5) is 10.6 Å². The number of nitrogens with zero attached hydrogens (tertiary/aromatic N) is 1. The van der Waals surface area contributed by atoms with Gasteiger partial charge < -0.3 is 9.84 Å². The number of carbonyl (C=O) groups is 2. The van der Waals surface area contributed by atoms with Crippen molar-refractivity contribution in [3.63, 3.8) is 0 Å². The van der Waals surface area contributed by atoms with Gasteiger partial charge in [0.05, 0.1) is 0 Å². The Bertz CT molecular complexity index is 656. The van der Waals surface area contributed by atoms with Gasteiger partial charge in [0.1, 0.15) is 12.4 Å². The number of aryl methyl sites for hydroxylation is 1. The first-order valence-corrected chi connectivity index (χ1v) is 6.25.